The topological polar surface area (TPSA) is 88.0 Å². The van der Waals surface area contributed by atoms with Crippen LogP contribution in [0.2, 0.25) is 0 Å². The summed E-state index contributed by atoms with van der Waals surface area (Å²) in [5.41, 5.74) is 2.08. The molecule has 0 saturated carbocycles. The van der Waals surface area contributed by atoms with Crippen molar-refractivity contribution in [2.24, 2.45) is 7.05 Å². The molecule has 3 rings (SSSR count). The molecule has 0 bridgehead atoms. The molecule has 2 N–H and O–H groups in total. The minimum absolute atomic E-state index is 0.374. The van der Waals surface area contributed by atoms with Gasteiger partial charge in [0.05, 0.1) is 6.54 Å². The van der Waals surface area contributed by atoms with E-state index in [1.165, 1.54) is 4.57 Å². The summed E-state index contributed by atoms with van der Waals surface area (Å²) >= 11 is 0. The summed E-state index contributed by atoms with van der Waals surface area (Å²) in [5, 5.41) is 3.28. The number of hydrogen-bond donors (Lipinski definition) is 2. The van der Waals surface area contributed by atoms with Crippen LogP contribution in [-0.2, 0) is 13.6 Å². The van der Waals surface area contributed by atoms with E-state index in [1.807, 2.05) is 43.8 Å². The van der Waals surface area contributed by atoms with Crippen molar-refractivity contribution in [1.29, 1.82) is 0 Å². The van der Waals surface area contributed by atoms with Gasteiger partial charge in [0, 0.05) is 20.1 Å². The Labute approximate surface area is 151 Å². The fourth-order valence-electron chi connectivity index (χ4n) is 2.91. The molecule has 0 aliphatic carbocycles. The van der Waals surface area contributed by atoms with Crippen LogP contribution in [0, 0.1) is 6.92 Å². The zero-order valence-corrected chi connectivity index (χ0v) is 15.5. The minimum atomic E-state index is -0.470. The summed E-state index contributed by atoms with van der Waals surface area (Å²) in [6.45, 7) is 4.02. The van der Waals surface area contributed by atoms with Crippen LogP contribution >= 0.6 is 0 Å². The van der Waals surface area contributed by atoms with Crippen LogP contribution < -0.4 is 16.6 Å². The molecular weight excluding hydrogens is 332 g/mol. The molecular formula is C18H24N6O2. The molecule has 2 aromatic heterocycles. The lowest BCUT2D eigenvalue weighted by atomic mass is 10.1. The van der Waals surface area contributed by atoms with Gasteiger partial charge in [-0.15, -0.1) is 0 Å². The first-order valence-electron chi connectivity index (χ1n) is 8.50. The maximum Gasteiger partial charge on any atom is 0.329 e. The number of benzene rings is 1. The third-order valence-corrected chi connectivity index (χ3v) is 4.27. The van der Waals surface area contributed by atoms with Crippen molar-refractivity contribution in [3.63, 3.8) is 0 Å². The number of imidazole rings is 1. The monoisotopic (exact) mass is 356 g/mol. The highest BCUT2D eigenvalue weighted by molar-refractivity contribution is 5.74. The highest BCUT2D eigenvalue weighted by atomic mass is 16.2. The smallest absolute Gasteiger partial charge is 0.329 e. The Hall–Kier alpha value is -2.87. The number of nitrogens with one attached hydrogen (secondary N) is 2. The van der Waals surface area contributed by atoms with Crippen LogP contribution in [0.4, 0.5) is 5.95 Å². The van der Waals surface area contributed by atoms with Gasteiger partial charge in [0.2, 0.25) is 5.95 Å². The van der Waals surface area contributed by atoms with Crippen molar-refractivity contribution in [3.05, 3.63) is 56.2 Å². The van der Waals surface area contributed by atoms with Crippen molar-refractivity contribution in [2.45, 2.75) is 13.5 Å². The van der Waals surface area contributed by atoms with Gasteiger partial charge in [-0.05, 0) is 26.6 Å². The first-order valence-corrected chi connectivity index (χ1v) is 8.50. The first kappa shape index (κ1) is 17.9. The van der Waals surface area contributed by atoms with Gasteiger partial charge in [-0.1, -0.05) is 29.8 Å². The molecule has 0 fully saturated rings. The first-order chi connectivity index (χ1) is 12.4. The van der Waals surface area contributed by atoms with Crippen LogP contribution in [-0.4, -0.2) is 51.2 Å². The van der Waals surface area contributed by atoms with E-state index in [1.54, 1.807) is 7.05 Å². The van der Waals surface area contributed by atoms with E-state index in [4.69, 9.17) is 0 Å². The molecule has 2 heterocycles. The summed E-state index contributed by atoms with van der Waals surface area (Å²) in [6.07, 6.45) is 0. The van der Waals surface area contributed by atoms with Crippen molar-refractivity contribution < 1.29 is 0 Å². The van der Waals surface area contributed by atoms with E-state index >= 15 is 0 Å². The van der Waals surface area contributed by atoms with Gasteiger partial charge < -0.3 is 10.2 Å². The van der Waals surface area contributed by atoms with E-state index in [-0.39, 0.29) is 0 Å². The molecule has 8 heteroatoms. The van der Waals surface area contributed by atoms with Gasteiger partial charge in [-0.2, -0.15) is 4.98 Å². The lowest BCUT2D eigenvalue weighted by Crippen LogP contribution is -2.29. The van der Waals surface area contributed by atoms with Crippen LogP contribution in [0.15, 0.2) is 33.9 Å². The molecule has 0 saturated heterocycles. The molecule has 138 valence electrons. The number of fused-ring (bicyclic) bond motifs is 1. The highest BCUT2D eigenvalue weighted by Crippen LogP contribution is 2.18. The molecule has 8 nitrogen and oxygen atoms in total. The number of hydrogen-bond acceptors (Lipinski definition) is 5. The number of anilines is 1. The van der Waals surface area contributed by atoms with Gasteiger partial charge in [0.15, 0.2) is 11.2 Å². The molecule has 0 radical (unpaired) electrons. The highest BCUT2D eigenvalue weighted by Gasteiger charge is 2.17. The molecule has 1 aromatic carbocycles. The third kappa shape index (κ3) is 3.55. The third-order valence-electron chi connectivity index (χ3n) is 4.27. The predicted molar refractivity (Wildman–Crippen MR) is 103 cm³/mol. The molecule has 0 aliphatic rings. The predicted octanol–water partition coefficient (Wildman–Crippen LogP) is 0.754. The summed E-state index contributed by atoms with van der Waals surface area (Å²) in [7, 11) is 5.59. The largest absolute Gasteiger partial charge is 0.354 e. The molecule has 0 aliphatic heterocycles. The maximum atomic E-state index is 12.5. The fourth-order valence-corrected chi connectivity index (χ4v) is 2.91. The lowest BCUT2D eigenvalue weighted by molar-refractivity contribution is 0.424. The van der Waals surface area contributed by atoms with E-state index in [9.17, 15) is 9.59 Å². The second-order valence-corrected chi connectivity index (χ2v) is 6.73. The molecule has 0 unspecified atom stereocenters. The van der Waals surface area contributed by atoms with Crippen LogP contribution in [0.5, 0.6) is 0 Å². The Kier molecular flexibility index (Phi) is 4.94. The van der Waals surface area contributed by atoms with Crippen LogP contribution in [0.3, 0.4) is 0 Å². The summed E-state index contributed by atoms with van der Waals surface area (Å²) in [4.78, 5) is 33.3. The normalized spacial score (nSPS) is 11.4. The fraction of sp³-hybridized carbons (Fsp3) is 0.389. The molecule has 26 heavy (non-hydrogen) atoms. The van der Waals surface area contributed by atoms with Crippen molar-refractivity contribution in [2.75, 3.05) is 32.5 Å². The number of rotatable bonds is 6. The summed E-state index contributed by atoms with van der Waals surface area (Å²) < 4.78 is 3.19. The van der Waals surface area contributed by atoms with Gasteiger partial charge in [-0.3, -0.25) is 18.9 Å². The van der Waals surface area contributed by atoms with Crippen LogP contribution in [0.25, 0.3) is 11.2 Å². The number of H-pyrrole nitrogens is 1. The Morgan fingerprint density at radius 1 is 1.27 bits per heavy atom. The van der Waals surface area contributed by atoms with Crippen LogP contribution in [0.1, 0.15) is 11.1 Å². The Bertz CT molecular complexity index is 1040. The second kappa shape index (κ2) is 7.17. The SMILES string of the molecule is Cc1cccc(Cn2c(NCCN(C)C)nc3c2c(=O)[nH]c(=O)n3C)c1. The van der Waals surface area contributed by atoms with E-state index in [2.05, 4.69) is 26.3 Å². The van der Waals surface area contributed by atoms with E-state index < -0.39 is 11.2 Å². The van der Waals surface area contributed by atoms with Gasteiger partial charge in [0.25, 0.3) is 5.56 Å². The molecule has 0 atom stereocenters. The molecule has 0 spiro atoms. The van der Waals surface area contributed by atoms with Gasteiger partial charge >= 0.3 is 5.69 Å². The summed E-state index contributed by atoms with van der Waals surface area (Å²) in [5.74, 6) is 0.579. The molecule has 3 aromatic rings. The van der Waals surface area contributed by atoms with E-state index in [0.29, 0.717) is 30.2 Å². The van der Waals surface area contributed by atoms with Gasteiger partial charge in [0.1, 0.15) is 0 Å². The Morgan fingerprint density at radius 2 is 2.04 bits per heavy atom. The molecule has 0 amide bonds. The Morgan fingerprint density at radius 3 is 2.73 bits per heavy atom. The number of aryl methyl sites for hydroxylation is 2. The van der Waals surface area contributed by atoms with Crippen molar-refractivity contribution in [3.8, 4) is 0 Å². The average Bonchev–Trinajstić information content (AvgIpc) is 2.92. The average molecular weight is 356 g/mol. The lowest BCUT2D eigenvalue weighted by Gasteiger charge is -2.13. The van der Waals surface area contributed by atoms with Crippen molar-refractivity contribution in [1.82, 2.24) is 24.0 Å². The number of likely N-dealkylation sites (N-methyl/N-ethyl adjacent to an activating group) is 1. The van der Waals surface area contributed by atoms with Crippen molar-refractivity contribution >= 4 is 17.1 Å². The number of aromatic amines is 1. The standard InChI is InChI=1S/C18H24N6O2/c1-12-6-5-7-13(10-12)11-24-14-15(23(4)18(26)21-16(14)25)20-17(24)19-8-9-22(2)3/h5-7,10H,8-9,11H2,1-4H3,(H,19,20)(H,21,25,26). The zero-order chi connectivity index (χ0) is 18.8. The maximum absolute atomic E-state index is 12.5. The van der Waals surface area contributed by atoms with Gasteiger partial charge in [-0.25, -0.2) is 4.79 Å². The second-order valence-electron chi connectivity index (χ2n) is 6.73. The van der Waals surface area contributed by atoms with E-state index in [0.717, 1.165) is 17.7 Å². The minimum Gasteiger partial charge on any atom is -0.354 e. The number of aromatic nitrogens is 4. The number of nitrogens with zero attached hydrogens (tertiary/aromatic N) is 4. The quantitative estimate of drug-likeness (QED) is 0.681. The summed E-state index contributed by atoms with van der Waals surface area (Å²) in [6, 6.07) is 8.11. The Balaban J connectivity index is 2.11. The zero-order valence-electron chi connectivity index (χ0n) is 15.5.